The first kappa shape index (κ1) is 24.9. The molecule has 1 amide bonds. The van der Waals surface area contributed by atoms with Crippen molar-refractivity contribution in [1.29, 1.82) is 0 Å². The molecule has 0 radical (unpaired) electrons. The molecule has 1 N–H and O–H groups in total. The highest BCUT2D eigenvalue weighted by molar-refractivity contribution is 7.99. The Morgan fingerprint density at radius 2 is 1.92 bits per heavy atom. The maximum absolute atomic E-state index is 14.8. The quantitative estimate of drug-likeness (QED) is 0.354. The molecule has 0 atom stereocenters. The van der Waals surface area contributed by atoms with Crippen molar-refractivity contribution in [3.63, 3.8) is 0 Å². The van der Waals surface area contributed by atoms with Crippen LogP contribution in [0.5, 0.6) is 0 Å². The number of carbonyl (C=O) groups excluding carboxylic acids is 1. The maximum atomic E-state index is 14.8. The van der Waals surface area contributed by atoms with Crippen LogP contribution < -0.4 is 5.32 Å². The van der Waals surface area contributed by atoms with Crippen LogP contribution in [-0.4, -0.2) is 80.5 Å². The van der Waals surface area contributed by atoms with Crippen molar-refractivity contribution in [2.24, 2.45) is 0 Å². The van der Waals surface area contributed by atoms with Gasteiger partial charge in [-0.2, -0.15) is 13.2 Å². The summed E-state index contributed by atoms with van der Waals surface area (Å²) in [5.74, 6) is -0.160. The standard InChI is InChI=1S/C22H21F4N7OS2/c23-14-10-15-17(11-16(14)35-19-12-28-20-27-3-1-4-33(19)20)36-21(29-15)30-18(34)2-5-31-6-8-32(9-7-31)13-22(24,25)26/h1,3-4,10-12H,2,5-9,13H2,(H,29,30,34). The number of nitrogens with zero attached hydrogens (tertiary/aromatic N) is 6. The predicted octanol–water partition coefficient (Wildman–Crippen LogP) is 4.14. The molecule has 0 aliphatic carbocycles. The first-order valence-corrected chi connectivity index (χ1v) is 12.7. The minimum atomic E-state index is -4.20. The Kier molecular flexibility index (Phi) is 7.10. The molecule has 1 saturated heterocycles. The van der Waals surface area contributed by atoms with Crippen molar-refractivity contribution in [2.45, 2.75) is 22.5 Å². The number of alkyl halides is 3. The normalized spacial score (nSPS) is 15.7. The first-order valence-electron chi connectivity index (χ1n) is 11.1. The van der Waals surface area contributed by atoms with Crippen LogP contribution >= 0.6 is 23.1 Å². The molecule has 190 valence electrons. The average Bonchev–Trinajstić information content (AvgIpc) is 3.41. The summed E-state index contributed by atoms with van der Waals surface area (Å²) in [7, 11) is 0. The Hall–Kier alpha value is -2.81. The third-order valence-corrected chi connectivity index (χ3v) is 7.66. The summed E-state index contributed by atoms with van der Waals surface area (Å²) in [6.45, 7) is 1.13. The predicted molar refractivity (Wildman–Crippen MR) is 129 cm³/mol. The summed E-state index contributed by atoms with van der Waals surface area (Å²) in [5, 5.41) is 3.83. The van der Waals surface area contributed by atoms with Gasteiger partial charge in [0, 0.05) is 57.6 Å². The molecule has 14 heteroatoms. The lowest BCUT2D eigenvalue weighted by atomic mass is 10.3. The molecule has 4 heterocycles. The van der Waals surface area contributed by atoms with E-state index in [1.165, 1.54) is 34.1 Å². The molecule has 4 aromatic rings. The lowest BCUT2D eigenvalue weighted by Gasteiger charge is -2.34. The zero-order chi connectivity index (χ0) is 25.3. The van der Waals surface area contributed by atoms with E-state index < -0.39 is 18.5 Å². The lowest BCUT2D eigenvalue weighted by Crippen LogP contribution is -2.49. The van der Waals surface area contributed by atoms with E-state index in [0.717, 1.165) is 4.70 Å². The van der Waals surface area contributed by atoms with Gasteiger partial charge in [-0.05, 0) is 12.1 Å². The summed E-state index contributed by atoms with van der Waals surface area (Å²) in [6, 6.07) is 4.80. The van der Waals surface area contributed by atoms with E-state index in [-0.39, 0.29) is 12.3 Å². The second-order valence-corrected chi connectivity index (χ2v) is 10.4. The highest BCUT2D eigenvalue weighted by Gasteiger charge is 2.32. The minimum Gasteiger partial charge on any atom is -0.302 e. The molecule has 0 spiro atoms. The highest BCUT2D eigenvalue weighted by Crippen LogP contribution is 2.35. The third kappa shape index (κ3) is 5.94. The summed E-state index contributed by atoms with van der Waals surface area (Å²) in [4.78, 5) is 28.9. The second kappa shape index (κ2) is 10.3. The topological polar surface area (TPSA) is 78.7 Å². The summed E-state index contributed by atoms with van der Waals surface area (Å²) < 4.78 is 54.8. The molecule has 0 bridgehead atoms. The van der Waals surface area contributed by atoms with Crippen molar-refractivity contribution in [3.8, 4) is 0 Å². The van der Waals surface area contributed by atoms with Gasteiger partial charge < -0.3 is 10.2 Å². The molecule has 1 fully saturated rings. The van der Waals surface area contributed by atoms with E-state index in [9.17, 15) is 22.4 Å². The second-order valence-electron chi connectivity index (χ2n) is 8.29. The lowest BCUT2D eigenvalue weighted by molar-refractivity contribution is -0.149. The van der Waals surface area contributed by atoms with Gasteiger partial charge in [-0.1, -0.05) is 23.1 Å². The van der Waals surface area contributed by atoms with E-state index in [2.05, 4.69) is 20.3 Å². The van der Waals surface area contributed by atoms with Gasteiger partial charge in [0.25, 0.3) is 0 Å². The number of halogens is 4. The number of imidazole rings is 1. The average molecular weight is 540 g/mol. The summed E-state index contributed by atoms with van der Waals surface area (Å²) in [6.07, 6.45) is 1.05. The van der Waals surface area contributed by atoms with Crippen LogP contribution in [0, 0.1) is 5.82 Å². The number of rotatable bonds is 7. The van der Waals surface area contributed by atoms with Crippen LogP contribution in [0.4, 0.5) is 22.7 Å². The van der Waals surface area contributed by atoms with E-state index >= 15 is 0 Å². The number of amides is 1. The van der Waals surface area contributed by atoms with Crippen LogP contribution in [0.3, 0.4) is 0 Å². The Morgan fingerprint density at radius 3 is 2.69 bits per heavy atom. The van der Waals surface area contributed by atoms with Gasteiger partial charge in [0.15, 0.2) is 5.13 Å². The number of nitrogens with one attached hydrogen (secondary N) is 1. The molecule has 3 aromatic heterocycles. The van der Waals surface area contributed by atoms with Crippen LogP contribution in [0.25, 0.3) is 16.0 Å². The molecular weight excluding hydrogens is 518 g/mol. The monoisotopic (exact) mass is 539 g/mol. The summed E-state index contributed by atoms with van der Waals surface area (Å²) in [5.41, 5.74) is 0.442. The van der Waals surface area contributed by atoms with Gasteiger partial charge in [0.1, 0.15) is 10.8 Å². The number of anilines is 1. The van der Waals surface area contributed by atoms with Gasteiger partial charge in [-0.25, -0.2) is 19.3 Å². The zero-order valence-corrected chi connectivity index (χ0v) is 20.5. The smallest absolute Gasteiger partial charge is 0.302 e. The van der Waals surface area contributed by atoms with Crippen LogP contribution in [0.1, 0.15) is 6.42 Å². The number of aromatic nitrogens is 4. The first-order chi connectivity index (χ1) is 17.2. The Labute approximate surface area is 211 Å². The highest BCUT2D eigenvalue weighted by atomic mass is 32.2. The van der Waals surface area contributed by atoms with Crippen molar-refractivity contribution >= 4 is 50.1 Å². The van der Waals surface area contributed by atoms with E-state index in [1.807, 2.05) is 4.90 Å². The number of hydrogen-bond acceptors (Lipinski definition) is 8. The minimum absolute atomic E-state index is 0.187. The number of hydrogen-bond donors (Lipinski definition) is 1. The fourth-order valence-electron chi connectivity index (χ4n) is 3.92. The number of carbonyl (C=O) groups is 1. The molecule has 0 unspecified atom stereocenters. The fourth-order valence-corrected chi connectivity index (χ4v) is 5.80. The fraction of sp³-hybridized carbons (Fsp3) is 0.364. The molecular formula is C22H21F4N7OS2. The molecule has 0 saturated carbocycles. The number of fused-ring (bicyclic) bond motifs is 2. The maximum Gasteiger partial charge on any atom is 0.401 e. The van der Waals surface area contributed by atoms with Crippen molar-refractivity contribution in [3.05, 3.63) is 42.6 Å². The molecule has 5 rings (SSSR count). The van der Waals surface area contributed by atoms with Gasteiger partial charge in [-0.15, -0.1) is 0 Å². The SMILES string of the molecule is O=C(CCN1CCN(CC(F)(F)F)CC1)Nc1nc2cc(F)c(Sc3cnc4ncccn34)cc2s1. The van der Waals surface area contributed by atoms with Crippen LogP contribution in [-0.2, 0) is 4.79 Å². The van der Waals surface area contributed by atoms with Crippen LogP contribution in [0.2, 0.25) is 0 Å². The van der Waals surface area contributed by atoms with E-state index in [1.54, 1.807) is 35.1 Å². The third-order valence-electron chi connectivity index (χ3n) is 5.68. The summed E-state index contributed by atoms with van der Waals surface area (Å²) >= 11 is 2.47. The van der Waals surface area contributed by atoms with Crippen molar-refractivity contribution in [2.75, 3.05) is 44.6 Å². The Bertz CT molecular complexity index is 1380. The number of thiazole rings is 1. The van der Waals surface area contributed by atoms with Crippen molar-refractivity contribution in [1.82, 2.24) is 29.2 Å². The number of piperazine rings is 1. The zero-order valence-electron chi connectivity index (χ0n) is 18.8. The van der Waals surface area contributed by atoms with Crippen LogP contribution in [0.15, 0.2) is 46.7 Å². The molecule has 1 aromatic carbocycles. The van der Waals surface area contributed by atoms with E-state index in [0.29, 0.717) is 59.1 Å². The molecule has 36 heavy (non-hydrogen) atoms. The van der Waals surface area contributed by atoms with Gasteiger partial charge in [-0.3, -0.25) is 14.1 Å². The Balaban J connectivity index is 1.17. The largest absolute Gasteiger partial charge is 0.401 e. The molecule has 1 aliphatic heterocycles. The van der Waals surface area contributed by atoms with Crippen molar-refractivity contribution < 1.29 is 22.4 Å². The van der Waals surface area contributed by atoms with Gasteiger partial charge in [0.2, 0.25) is 11.7 Å². The molecule has 1 aliphatic rings. The number of benzene rings is 1. The Morgan fingerprint density at radius 1 is 1.14 bits per heavy atom. The van der Waals surface area contributed by atoms with Gasteiger partial charge in [0.05, 0.1) is 27.9 Å². The van der Waals surface area contributed by atoms with Gasteiger partial charge >= 0.3 is 6.18 Å². The molecule has 8 nitrogen and oxygen atoms in total. The van der Waals surface area contributed by atoms with E-state index in [4.69, 9.17) is 0 Å².